The van der Waals surface area contributed by atoms with Gasteiger partial charge in [0.05, 0.1) is 0 Å². The first-order valence-corrected chi connectivity index (χ1v) is 4.75. The van der Waals surface area contributed by atoms with E-state index in [1.807, 2.05) is 0 Å². The summed E-state index contributed by atoms with van der Waals surface area (Å²) in [6.07, 6.45) is -0.661. The average Bonchev–Trinajstić information content (AvgIpc) is 2.69. The second-order valence-electron chi connectivity index (χ2n) is 3.29. The summed E-state index contributed by atoms with van der Waals surface area (Å²) in [6, 6.07) is -1.36. The fourth-order valence-electron chi connectivity index (χ4n) is 1.10. The molecule has 10 heteroatoms. The van der Waals surface area contributed by atoms with Gasteiger partial charge in [0, 0.05) is 6.42 Å². The Balaban J connectivity index is 2.67. The Morgan fingerprint density at radius 1 is 1.33 bits per heavy atom. The molecule has 1 atom stereocenters. The van der Waals surface area contributed by atoms with Crippen molar-refractivity contribution in [3.05, 3.63) is 5.69 Å². The number of nitrogens with two attached hydrogens (primary N) is 1. The molecule has 10 nitrogen and oxygen atoms in total. The zero-order valence-corrected chi connectivity index (χ0v) is 8.99. The maximum Gasteiger partial charge on any atom is 0.326 e. The van der Waals surface area contributed by atoms with Crippen LogP contribution in [0.5, 0.6) is 0 Å². The van der Waals surface area contributed by atoms with Gasteiger partial charge < -0.3 is 21.3 Å². The second kappa shape index (κ2) is 5.61. The van der Waals surface area contributed by atoms with Crippen molar-refractivity contribution in [2.75, 3.05) is 5.73 Å². The largest absolute Gasteiger partial charge is 0.481 e. The van der Waals surface area contributed by atoms with Crippen LogP contribution in [0.3, 0.4) is 0 Å². The minimum atomic E-state index is -1.36. The van der Waals surface area contributed by atoms with Gasteiger partial charge in [-0.2, -0.15) is 0 Å². The summed E-state index contributed by atoms with van der Waals surface area (Å²) in [5.74, 6) is -3.71. The van der Waals surface area contributed by atoms with Gasteiger partial charge in [-0.15, -0.1) is 0 Å². The number of aromatic nitrogens is 2. The van der Waals surface area contributed by atoms with Gasteiger partial charge in [0.25, 0.3) is 5.91 Å². The molecular formula is C8H10N4O6. The highest BCUT2D eigenvalue weighted by Gasteiger charge is 2.24. The van der Waals surface area contributed by atoms with Gasteiger partial charge in [0.2, 0.25) is 11.5 Å². The van der Waals surface area contributed by atoms with Gasteiger partial charge in [-0.05, 0) is 16.7 Å². The predicted molar refractivity (Wildman–Crippen MR) is 54.5 cm³/mol. The molecule has 0 aromatic carbocycles. The van der Waals surface area contributed by atoms with E-state index in [0.717, 1.165) is 0 Å². The molecule has 0 aliphatic rings. The lowest BCUT2D eigenvalue weighted by atomic mass is 10.1. The average molecular weight is 258 g/mol. The molecule has 1 aromatic heterocycles. The number of nitrogens with zero attached hydrogens (tertiary/aromatic N) is 2. The molecule has 0 spiro atoms. The normalized spacial score (nSPS) is 11.8. The van der Waals surface area contributed by atoms with Gasteiger partial charge in [-0.3, -0.25) is 9.59 Å². The number of carbonyl (C=O) groups is 3. The van der Waals surface area contributed by atoms with E-state index < -0.39 is 30.3 Å². The fraction of sp³-hybridized carbons (Fsp3) is 0.375. The van der Waals surface area contributed by atoms with Gasteiger partial charge in [0.15, 0.2) is 0 Å². The van der Waals surface area contributed by atoms with Crippen molar-refractivity contribution in [2.45, 2.75) is 18.9 Å². The van der Waals surface area contributed by atoms with E-state index in [0.29, 0.717) is 0 Å². The fourth-order valence-corrected chi connectivity index (χ4v) is 1.10. The van der Waals surface area contributed by atoms with Crippen molar-refractivity contribution in [3.8, 4) is 0 Å². The number of carbonyl (C=O) groups excluding carboxylic acids is 1. The summed E-state index contributed by atoms with van der Waals surface area (Å²) in [5, 5.41) is 25.7. The third-order valence-electron chi connectivity index (χ3n) is 1.98. The summed E-state index contributed by atoms with van der Waals surface area (Å²) in [5.41, 5.74) is 4.90. The molecule has 0 bridgehead atoms. The van der Waals surface area contributed by atoms with E-state index in [1.165, 1.54) is 0 Å². The Kier molecular flexibility index (Phi) is 4.18. The minimum Gasteiger partial charge on any atom is -0.481 e. The first-order chi connectivity index (χ1) is 8.41. The number of carboxylic acids is 2. The van der Waals surface area contributed by atoms with Crippen LogP contribution in [0.4, 0.5) is 5.82 Å². The lowest BCUT2D eigenvalue weighted by Gasteiger charge is -2.11. The van der Waals surface area contributed by atoms with E-state index in [1.54, 1.807) is 0 Å². The molecular weight excluding hydrogens is 248 g/mol. The van der Waals surface area contributed by atoms with Crippen LogP contribution in [0.25, 0.3) is 0 Å². The van der Waals surface area contributed by atoms with Crippen LogP contribution in [-0.4, -0.2) is 44.4 Å². The Bertz CT molecular complexity index is 470. The van der Waals surface area contributed by atoms with Crippen molar-refractivity contribution in [1.29, 1.82) is 0 Å². The lowest BCUT2D eigenvalue weighted by molar-refractivity contribution is -0.140. The van der Waals surface area contributed by atoms with Crippen molar-refractivity contribution in [2.24, 2.45) is 0 Å². The van der Waals surface area contributed by atoms with Crippen LogP contribution in [-0.2, 0) is 9.59 Å². The molecule has 98 valence electrons. The Morgan fingerprint density at radius 2 is 2.00 bits per heavy atom. The maximum atomic E-state index is 11.5. The summed E-state index contributed by atoms with van der Waals surface area (Å²) < 4.78 is 4.18. The number of amides is 1. The number of rotatable bonds is 6. The third kappa shape index (κ3) is 3.43. The summed E-state index contributed by atoms with van der Waals surface area (Å²) >= 11 is 0. The van der Waals surface area contributed by atoms with Crippen LogP contribution in [0.15, 0.2) is 4.63 Å². The van der Waals surface area contributed by atoms with Gasteiger partial charge in [0.1, 0.15) is 6.04 Å². The highest BCUT2D eigenvalue weighted by Crippen LogP contribution is 2.05. The topological polar surface area (TPSA) is 169 Å². The van der Waals surface area contributed by atoms with Gasteiger partial charge in [-0.25, -0.2) is 9.42 Å². The Labute approximate surface area is 99.7 Å². The second-order valence-corrected chi connectivity index (χ2v) is 3.29. The molecule has 0 aliphatic heterocycles. The molecule has 0 aliphatic carbocycles. The standard InChI is InChI=1S/C8H10N4O6/c9-6-5(11-18-12-6)7(15)10-3(8(16)17)1-2-4(13)14/h3H,1-2H2,(H2,9,12)(H,10,15)(H,13,14)(H,16,17)/t3-/m0/s1. The number of anilines is 1. The molecule has 0 saturated carbocycles. The molecule has 1 amide bonds. The summed E-state index contributed by atoms with van der Waals surface area (Å²) in [7, 11) is 0. The number of aliphatic carboxylic acids is 2. The molecule has 0 fully saturated rings. The molecule has 0 saturated heterocycles. The van der Waals surface area contributed by atoms with E-state index in [4.69, 9.17) is 15.9 Å². The highest BCUT2D eigenvalue weighted by atomic mass is 16.6. The van der Waals surface area contributed by atoms with Crippen LogP contribution in [0.1, 0.15) is 23.3 Å². The molecule has 0 unspecified atom stereocenters. The van der Waals surface area contributed by atoms with Crippen molar-refractivity contribution >= 4 is 23.7 Å². The zero-order chi connectivity index (χ0) is 13.7. The minimum absolute atomic E-state index is 0.262. The van der Waals surface area contributed by atoms with Crippen molar-refractivity contribution in [1.82, 2.24) is 15.6 Å². The molecule has 1 aromatic rings. The molecule has 1 rings (SSSR count). The monoisotopic (exact) mass is 258 g/mol. The van der Waals surface area contributed by atoms with Crippen LogP contribution >= 0.6 is 0 Å². The summed E-state index contributed by atoms with van der Waals surface area (Å²) in [4.78, 5) is 32.7. The number of nitrogens with one attached hydrogen (secondary N) is 1. The highest BCUT2D eigenvalue weighted by molar-refractivity contribution is 5.98. The third-order valence-corrected chi connectivity index (χ3v) is 1.98. The smallest absolute Gasteiger partial charge is 0.326 e. The molecule has 1 heterocycles. The van der Waals surface area contributed by atoms with E-state index in [9.17, 15) is 14.4 Å². The van der Waals surface area contributed by atoms with Crippen LogP contribution in [0.2, 0.25) is 0 Å². The Hall–Kier alpha value is -2.65. The quantitative estimate of drug-likeness (QED) is 0.484. The van der Waals surface area contributed by atoms with Gasteiger partial charge >= 0.3 is 11.9 Å². The van der Waals surface area contributed by atoms with Crippen LogP contribution in [0, 0.1) is 0 Å². The number of nitrogen functional groups attached to an aromatic ring is 1. The van der Waals surface area contributed by atoms with E-state index in [2.05, 4.69) is 20.3 Å². The number of hydrogen-bond acceptors (Lipinski definition) is 7. The zero-order valence-electron chi connectivity index (χ0n) is 8.99. The van der Waals surface area contributed by atoms with E-state index in [-0.39, 0.29) is 17.9 Å². The molecule has 0 radical (unpaired) electrons. The Morgan fingerprint density at radius 3 is 2.44 bits per heavy atom. The number of carboxylic acid groups (broad SMARTS) is 2. The molecule has 18 heavy (non-hydrogen) atoms. The maximum absolute atomic E-state index is 11.5. The van der Waals surface area contributed by atoms with E-state index >= 15 is 0 Å². The lowest BCUT2D eigenvalue weighted by Crippen LogP contribution is -2.41. The molecule has 5 N–H and O–H groups in total. The first-order valence-electron chi connectivity index (χ1n) is 4.75. The van der Waals surface area contributed by atoms with Crippen molar-refractivity contribution in [3.63, 3.8) is 0 Å². The number of hydrogen-bond donors (Lipinski definition) is 4. The van der Waals surface area contributed by atoms with Crippen molar-refractivity contribution < 1.29 is 29.2 Å². The van der Waals surface area contributed by atoms with Gasteiger partial charge in [-0.1, -0.05) is 0 Å². The summed E-state index contributed by atoms with van der Waals surface area (Å²) in [6.45, 7) is 0. The van der Waals surface area contributed by atoms with Crippen LogP contribution < -0.4 is 11.1 Å². The predicted octanol–water partition coefficient (Wildman–Crippen LogP) is -1.30. The SMILES string of the molecule is Nc1nonc1C(=O)N[C@@H](CCC(=O)O)C(=O)O. The first kappa shape index (κ1) is 13.4.